The Morgan fingerprint density at radius 2 is 2.11 bits per heavy atom. The topological polar surface area (TPSA) is 79.8 Å². The van der Waals surface area contributed by atoms with E-state index in [-0.39, 0.29) is 11.9 Å². The van der Waals surface area contributed by atoms with E-state index in [1.807, 2.05) is 13.0 Å². The molecule has 2 N–H and O–H groups in total. The van der Waals surface area contributed by atoms with E-state index in [0.717, 1.165) is 5.52 Å². The zero-order valence-corrected chi connectivity index (χ0v) is 10.3. The van der Waals surface area contributed by atoms with Gasteiger partial charge in [0.15, 0.2) is 5.65 Å². The first-order valence-corrected chi connectivity index (χ1v) is 5.82. The van der Waals surface area contributed by atoms with Crippen molar-refractivity contribution in [1.82, 2.24) is 20.3 Å². The van der Waals surface area contributed by atoms with Crippen molar-refractivity contribution in [3.63, 3.8) is 0 Å². The van der Waals surface area contributed by atoms with E-state index in [0.29, 0.717) is 18.0 Å². The molecule has 6 heteroatoms. The minimum atomic E-state index is -0.341. The Morgan fingerprint density at radius 3 is 2.89 bits per heavy atom. The molecule has 0 fully saturated rings. The van der Waals surface area contributed by atoms with E-state index in [2.05, 4.69) is 25.6 Å². The number of anilines is 1. The monoisotopic (exact) mass is 245 g/mol. The minimum absolute atomic E-state index is 0.0569. The highest BCUT2D eigenvalue weighted by molar-refractivity contribution is 5.84. The van der Waals surface area contributed by atoms with Crippen LogP contribution in [0.5, 0.6) is 0 Å². The Labute approximate surface area is 105 Å². The van der Waals surface area contributed by atoms with E-state index in [1.165, 1.54) is 0 Å². The van der Waals surface area contributed by atoms with E-state index in [9.17, 15) is 4.79 Å². The Morgan fingerprint density at radius 1 is 1.33 bits per heavy atom. The van der Waals surface area contributed by atoms with Crippen LogP contribution in [0.3, 0.4) is 0 Å². The number of hydrogen-bond donors (Lipinski definition) is 2. The van der Waals surface area contributed by atoms with Crippen molar-refractivity contribution in [2.45, 2.75) is 19.9 Å². The van der Waals surface area contributed by atoms with Crippen LogP contribution in [0.25, 0.3) is 11.2 Å². The Bertz CT molecular complexity index is 557. The highest BCUT2D eigenvalue weighted by atomic mass is 16.2. The zero-order chi connectivity index (χ0) is 13.0. The molecule has 94 valence electrons. The van der Waals surface area contributed by atoms with Crippen LogP contribution in [0.4, 0.5) is 5.82 Å². The van der Waals surface area contributed by atoms with Crippen molar-refractivity contribution < 1.29 is 4.79 Å². The zero-order valence-electron chi connectivity index (χ0n) is 10.3. The van der Waals surface area contributed by atoms with Gasteiger partial charge in [0.1, 0.15) is 17.4 Å². The Kier molecular flexibility index (Phi) is 3.66. The molecule has 2 aromatic heterocycles. The van der Waals surface area contributed by atoms with Crippen molar-refractivity contribution in [2.24, 2.45) is 0 Å². The Balaban J connectivity index is 2.14. The second-order valence-electron chi connectivity index (χ2n) is 3.86. The lowest BCUT2D eigenvalue weighted by Gasteiger charge is -2.13. The molecule has 6 nitrogen and oxygen atoms in total. The van der Waals surface area contributed by atoms with Crippen LogP contribution in [0, 0.1) is 0 Å². The largest absolute Gasteiger partial charge is 0.359 e. The van der Waals surface area contributed by atoms with Gasteiger partial charge in [-0.3, -0.25) is 9.78 Å². The van der Waals surface area contributed by atoms with Crippen molar-refractivity contribution in [1.29, 1.82) is 0 Å². The Hall–Kier alpha value is -2.24. The number of amides is 1. The average Bonchev–Trinajstić information content (AvgIpc) is 2.39. The molecular weight excluding hydrogens is 230 g/mol. The molecule has 0 aromatic carbocycles. The predicted molar refractivity (Wildman–Crippen MR) is 69.1 cm³/mol. The van der Waals surface area contributed by atoms with E-state index < -0.39 is 0 Å². The second kappa shape index (κ2) is 5.39. The van der Waals surface area contributed by atoms with Crippen LogP contribution in [-0.2, 0) is 4.79 Å². The molecule has 0 aliphatic carbocycles. The van der Waals surface area contributed by atoms with Crippen molar-refractivity contribution in [3.8, 4) is 0 Å². The third-order valence-corrected chi connectivity index (χ3v) is 2.44. The van der Waals surface area contributed by atoms with Gasteiger partial charge >= 0.3 is 0 Å². The molecule has 2 rings (SSSR count). The first-order valence-electron chi connectivity index (χ1n) is 5.82. The molecule has 1 unspecified atom stereocenters. The molecule has 0 saturated carbocycles. The lowest BCUT2D eigenvalue weighted by Crippen LogP contribution is -2.37. The number of carbonyl (C=O) groups excluding carboxylic acids is 1. The number of likely N-dealkylation sites (N-methyl/N-ethyl adjacent to an activating group) is 1. The highest BCUT2D eigenvalue weighted by Crippen LogP contribution is 2.10. The van der Waals surface area contributed by atoms with Gasteiger partial charge in [-0.2, -0.15) is 0 Å². The molecular formula is C12H15N5O. The summed E-state index contributed by atoms with van der Waals surface area (Å²) < 4.78 is 0. The summed E-state index contributed by atoms with van der Waals surface area (Å²) in [5.41, 5.74) is 1.29. The number of nitrogens with one attached hydrogen (secondary N) is 2. The maximum absolute atomic E-state index is 11.6. The summed E-state index contributed by atoms with van der Waals surface area (Å²) in [6, 6.07) is 3.26. The number of fused-ring (bicyclic) bond motifs is 1. The average molecular weight is 245 g/mol. The van der Waals surface area contributed by atoms with Crippen molar-refractivity contribution >= 4 is 22.9 Å². The quantitative estimate of drug-likeness (QED) is 0.838. The van der Waals surface area contributed by atoms with E-state index in [4.69, 9.17) is 0 Å². The van der Waals surface area contributed by atoms with Crippen LogP contribution in [0.1, 0.15) is 13.8 Å². The van der Waals surface area contributed by atoms with Gasteiger partial charge in [-0.15, -0.1) is 0 Å². The van der Waals surface area contributed by atoms with E-state index >= 15 is 0 Å². The minimum Gasteiger partial charge on any atom is -0.359 e. The molecule has 1 atom stereocenters. The van der Waals surface area contributed by atoms with Crippen LogP contribution in [0.15, 0.2) is 24.5 Å². The van der Waals surface area contributed by atoms with Gasteiger partial charge in [-0.25, -0.2) is 9.97 Å². The van der Waals surface area contributed by atoms with Crippen molar-refractivity contribution in [3.05, 3.63) is 24.5 Å². The maximum atomic E-state index is 11.6. The molecule has 0 aliphatic heterocycles. The third kappa shape index (κ3) is 2.71. The number of carbonyl (C=O) groups is 1. The fourth-order valence-corrected chi connectivity index (χ4v) is 1.55. The smallest absolute Gasteiger partial charge is 0.242 e. The molecule has 0 radical (unpaired) electrons. The van der Waals surface area contributed by atoms with Crippen LogP contribution < -0.4 is 10.6 Å². The predicted octanol–water partition coefficient (Wildman–Crippen LogP) is 0.961. The normalized spacial score (nSPS) is 12.1. The SMILES string of the molecule is CCNC(=O)C(C)Nc1ccc2nccnc2n1. The fourth-order valence-electron chi connectivity index (χ4n) is 1.55. The summed E-state index contributed by atoms with van der Waals surface area (Å²) in [5, 5.41) is 5.77. The highest BCUT2D eigenvalue weighted by Gasteiger charge is 2.12. The van der Waals surface area contributed by atoms with Crippen molar-refractivity contribution in [2.75, 3.05) is 11.9 Å². The molecule has 2 heterocycles. The van der Waals surface area contributed by atoms with Crippen LogP contribution in [0.2, 0.25) is 0 Å². The van der Waals surface area contributed by atoms with Crippen LogP contribution >= 0.6 is 0 Å². The molecule has 0 aliphatic rings. The van der Waals surface area contributed by atoms with Crippen LogP contribution in [-0.4, -0.2) is 33.4 Å². The van der Waals surface area contributed by atoms with Gasteiger partial charge in [-0.05, 0) is 26.0 Å². The second-order valence-corrected chi connectivity index (χ2v) is 3.86. The van der Waals surface area contributed by atoms with Gasteiger partial charge in [0.25, 0.3) is 0 Å². The lowest BCUT2D eigenvalue weighted by atomic mass is 10.3. The molecule has 1 amide bonds. The molecule has 18 heavy (non-hydrogen) atoms. The summed E-state index contributed by atoms with van der Waals surface area (Å²) in [7, 11) is 0. The number of aromatic nitrogens is 3. The van der Waals surface area contributed by atoms with E-state index in [1.54, 1.807) is 25.4 Å². The summed E-state index contributed by atoms with van der Waals surface area (Å²) in [6.07, 6.45) is 3.21. The molecule has 0 saturated heterocycles. The number of nitrogens with zero attached hydrogens (tertiary/aromatic N) is 3. The van der Waals surface area contributed by atoms with Gasteiger partial charge in [-0.1, -0.05) is 0 Å². The first-order chi connectivity index (χ1) is 8.70. The molecule has 0 bridgehead atoms. The maximum Gasteiger partial charge on any atom is 0.242 e. The summed E-state index contributed by atoms with van der Waals surface area (Å²) in [6.45, 7) is 4.28. The van der Waals surface area contributed by atoms with Gasteiger partial charge < -0.3 is 10.6 Å². The standard InChI is InChI=1S/C12H15N5O/c1-3-13-12(18)8(2)16-10-5-4-9-11(17-10)15-7-6-14-9/h4-8H,3H2,1-2H3,(H,13,18)(H,15,16,17). The summed E-state index contributed by atoms with van der Waals surface area (Å²) in [5.74, 6) is 0.556. The molecule has 0 spiro atoms. The number of rotatable bonds is 4. The van der Waals surface area contributed by atoms with Gasteiger partial charge in [0, 0.05) is 18.9 Å². The number of hydrogen-bond acceptors (Lipinski definition) is 5. The fraction of sp³-hybridized carbons (Fsp3) is 0.333. The lowest BCUT2D eigenvalue weighted by molar-refractivity contribution is -0.121. The molecule has 2 aromatic rings. The summed E-state index contributed by atoms with van der Waals surface area (Å²) >= 11 is 0. The number of pyridine rings is 1. The third-order valence-electron chi connectivity index (χ3n) is 2.44. The van der Waals surface area contributed by atoms with Gasteiger partial charge in [0.2, 0.25) is 5.91 Å². The summed E-state index contributed by atoms with van der Waals surface area (Å²) in [4.78, 5) is 24.1. The first kappa shape index (κ1) is 12.2. The van der Waals surface area contributed by atoms with Gasteiger partial charge in [0.05, 0.1) is 0 Å².